The van der Waals surface area contributed by atoms with E-state index in [1.54, 1.807) is 31.3 Å². The van der Waals surface area contributed by atoms with Crippen LogP contribution in [0.1, 0.15) is 53.9 Å². The minimum atomic E-state index is -4.62. The van der Waals surface area contributed by atoms with Crippen LogP contribution >= 0.6 is 0 Å². The molecule has 0 aliphatic carbocycles. The molecule has 0 radical (unpaired) electrons. The molecule has 0 fully saturated rings. The predicted octanol–water partition coefficient (Wildman–Crippen LogP) is 4.75. The molecule has 4 aromatic rings. The van der Waals surface area contributed by atoms with E-state index in [2.05, 4.69) is 47.5 Å². The fourth-order valence-electron chi connectivity index (χ4n) is 5.70. The lowest BCUT2D eigenvalue weighted by Crippen LogP contribution is -2.44. The highest BCUT2D eigenvalue weighted by molar-refractivity contribution is 5.93. The fraction of sp³-hybridized carbons (Fsp3) is 0.323. The number of H-pyrrole nitrogens is 2. The number of ether oxygens (including phenoxy) is 1. The van der Waals surface area contributed by atoms with E-state index >= 15 is 0 Å². The molecule has 0 amide bonds. The molecule has 1 aliphatic rings. The Kier molecular flexibility index (Phi) is 8.15. The van der Waals surface area contributed by atoms with Crippen molar-refractivity contribution in [1.82, 2.24) is 25.0 Å². The van der Waals surface area contributed by atoms with Gasteiger partial charge in [0.1, 0.15) is 17.8 Å². The van der Waals surface area contributed by atoms with Crippen molar-refractivity contribution in [2.75, 3.05) is 32.6 Å². The number of aromatic nitrogens is 5. The van der Waals surface area contributed by atoms with E-state index in [-0.39, 0.29) is 28.9 Å². The standard InChI is InChI=1S/C31H31F3N8O3/c1-18-26(28(43)45-5)27(41-29(38-39-30(41)44)40(18)23-8-6-7-22(16-23)31(32,33)34)24-10-9-20(17-35)15-21(24)12-14-42(3,4)19(2)25-11-13-36-37-25/h6-11,13,15-16,19,27H,12,14H2,1-5H3,(H-,36,37,39,44)/p+1. The number of nitrogens with zero attached hydrogens (tertiary/aromatic N) is 6. The van der Waals surface area contributed by atoms with Crippen LogP contribution in [0.25, 0.3) is 0 Å². The van der Waals surface area contributed by atoms with Gasteiger partial charge >= 0.3 is 17.8 Å². The summed E-state index contributed by atoms with van der Waals surface area (Å²) >= 11 is 0. The van der Waals surface area contributed by atoms with Gasteiger partial charge in [-0.15, -0.1) is 5.10 Å². The molecular formula is C31H32F3N8O3+. The molecule has 2 unspecified atom stereocenters. The minimum absolute atomic E-state index is 0.00643. The second kappa shape index (κ2) is 11.7. The average Bonchev–Trinajstić information content (AvgIpc) is 3.69. The number of anilines is 2. The van der Waals surface area contributed by atoms with Crippen LogP contribution in [0, 0.1) is 11.3 Å². The maximum Gasteiger partial charge on any atom is 0.416 e. The van der Waals surface area contributed by atoms with Crippen LogP contribution in [0.5, 0.6) is 0 Å². The third kappa shape index (κ3) is 5.74. The van der Waals surface area contributed by atoms with Crippen LogP contribution < -0.4 is 10.6 Å². The predicted molar refractivity (Wildman–Crippen MR) is 158 cm³/mol. The number of fused-ring (bicyclic) bond motifs is 1. The molecule has 234 valence electrons. The number of rotatable bonds is 8. The van der Waals surface area contributed by atoms with E-state index in [0.717, 1.165) is 17.8 Å². The first kappa shape index (κ1) is 31.3. The van der Waals surface area contributed by atoms with Crippen molar-refractivity contribution in [2.45, 2.75) is 38.5 Å². The van der Waals surface area contributed by atoms with E-state index < -0.39 is 29.4 Å². The van der Waals surface area contributed by atoms with Gasteiger partial charge in [-0.1, -0.05) is 12.1 Å². The first-order chi connectivity index (χ1) is 21.3. The van der Waals surface area contributed by atoms with Gasteiger partial charge in [0.2, 0.25) is 5.95 Å². The number of methoxy groups -OCH3 is 1. The molecule has 0 spiro atoms. The van der Waals surface area contributed by atoms with Gasteiger partial charge in [-0.3, -0.25) is 10.00 Å². The van der Waals surface area contributed by atoms with Crippen LogP contribution in [0.3, 0.4) is 0 Å². The Morgan fingerprint density at radius 2 is 1.93 bits per heavy atom. The molecule has 3 heterocycles. The van der Waals surface area contributed by atoms with Gasteiger partial charge in [-0.05, 0) is 61.4 Å². The number of nitrogens with one attached hydrogen (secondary N) is 2. The third-order valence-electron chi connectivity index (χ3n) is 8.50. The van der Waals surface area contributed by atoms with Gasteiger partial charge in [0.05, 0.1) is 50.5 Å². The number of hydrogen-bond donors (Lipinski definition) is 2. The summed E-state index contributed by atoms with van der Waals surface area (Å²) in [5, 5.41) is 23.5. The zero-order chi connectivity index (χ0) is 32.7. The first-order valence-electron chi connectivity index (χ1n) is 14.1. The van der Waals surface area contributed by atoms with Gasteiger partial charge in [0, 0.05) is 24.0 Å². The molecule has 5 rings (SSSR count). The Labute approximate surface area is 256 Å². The summed E-state index contributed by atoms with van der Waals surface area (Å²) < 4.78 is 47.9. The molecule has 14 heteroatoms. The average molecular weight is 622 g/mol. The molecule has 11 nitrogen and oxygen atoms in total. The van der Waals surface area contributed by atoms with Crippen molar-refractivity contribution in [3.05, 3.63) is 104 Å². The second-order valence-electron chi connectivity index (χ2n) is 11.4. The van der Waals surface area contributed by atoms with Gasteiger partial charge < -0.3 is 9.22 Å². The van der Waals surface area contributed by atoms with Gasteiger partial charge in [-0.2, -0.15) is 23.5 Å². The quantitative estimate of drug-likeness (QED) is 0.214. The molecule has 2 atom stereocenters. The van der Waals surface area contributed by atoms with Crippen molar-refractivity contribution in [1.29, 1.82) is 5.26 Å². The van der Waals surface area contributed by atoms with Gasteiger partial charge in [-0.25, -0.2) is 19.3 Å². The second-order valence-corrected chi connectivity index (χ2v) is 11.4. The summed E-state index contributed by atoms with van der Waals surface area (Å²) in [6.45, 7) is 4.23. The zero-order valence-corrected chi connectivity index (χ0v) is 25.3. The number of alkyl halides is 3. The summed E-state index contributed by atoms with van der Waals surface area (Å²) in [6.07, 6.45) is -2.41. The van der Waals surface area contributed by atoms with E-state index in [1.807, 2.05) is 6.07 Å². The van der Waals surface area contributed by atoms with Crippen molar-refractivity contribution < 1.29 is 27.2 Å². The van der Waals surface area contributed by atoms with Crippen LogP contribution in [0.15, 0.2) is 70.8 Å². The number of nitriles is 1. The fourth-order valence-corrected chi connectivity index (χ4v) is 5.70. The lowest BCUT2D eigenvalue weighted by molar-refractivity contribution is -0.919. The maximum absolute atomic E-state index is 13.7. The Morgan fingerprint density at radius 1 is 1.18 bits per heavy atom. The number of carbonyl (C=O) groups excluding carboxylic acids is 1. The third-order valence-corrected chi connectivity index (χ3v) is 8.50. The number of benzene rings is 2. The number of hydrogen-bond acceptors (Lipinski definition) is 7. The Morgan fingerprint density at radius 3 is 2.58 bits per heavy atom. The first-order valence-corrected chi connectivity index (χ1v) is 14.1. The van der Waals surface area contributed by atoms with E-state index in [9.17, 15) is 28.0 Å². The summed E-state index contributed by atoms with van der Waals surface area (Å²) in [5.74, 6) is -0.778. The molecule has 0 saturated heterocycles. The summed E-state index contributed by atoms with van der Waals surface area (Å²) in [7, 11) is 5.31. The van der Waals surface area contributed by atoms with Crippen LogP contribution in [-0.2, 0) is 22.1 Å². The molecular weight excluding hydrogens is 589 g/mol. The Bertz CT molecular complexity index is 1870. The number of allylic oxidation sites excluding steroid dienone is 1. The minimum Gasteiger partial charge on any atom is -0.466 e. The Balaban J connectivity index is 1.67. The number of aromatic amines is 2. The zero-order valence-electron chi connectivity index (χ0n) is 25.3. The van der Waals surface area contributed by atoms with E-state index in [1.165, 1.54) is 28.7 Å². The summed E-state index contributed by atoms with van der Waals surface area (Å²) in [6, 6.07) is 12.6. The highest BCUT2D eigenvalue weighted by Crippen LogP contribution is 2.43. The van der Waals surface area contributed by atoms with Gasteiger partial charge in [0.25, 0.3) is 0 Å². The highest BCUT2D eigenvalue weighted by Gasteiger charge is 2.41. The number of likely N-dealkylation sites (N-methyl/N-ethyl adjacent to an activating group) is 1. The summed E-state index contributed by atoms with van der Waals surface area (Å²) in [5.41, 5.74) is 1.27. The van der Waals surface area contributed by atoms with Crippen molar-refractivity contribution >= 4 is 17.6 Å². The summed E-state index contributed by atoms with van der Waals surface area (Å²) in [4.78, 5) is 28.2. The lowest BCUT2D eigenvalue weighted by Gasteiger charge is -2.37. The van der Waals surface area contributed by atoms with E-state index in [0.29, 0.717) is 34.1 Å². The lowest BCUT2D eigenvalue weighted by atomic mass is 9.88. The number of halogens is 3. The number of esters is 1. The maximum atomic E-state index is 13.7. The van der Waals surface area contributed by atoms with Crippen LogP contribution in [-0.4, -0.2) is 63.2 Å². The SMILES string of the molecule is COC(=O)C1=C(C)N(c2cccc(C(F)(F)F)c2)c2n[nH]c(=O)n2C1c1ccc(C#N)cc1CC[N+](C)(C)C(C)c1cc[nH]n1. The molecule has 2 aromatic heterocycles. The van der Waals surface area contributed by atoms with Crippen LogP contribution in [0.4, 0.5) is 24.8 Å². The van der Waals surface area contributed by atoms with E-state index in [4.69, 9.17) is 4.74 Å². The molecule has 2 aromatic carbocycles. The van der Waals surface area contributed by atoms with Gasteiger partial charge in [0.15, 0.2) is 0 Å². The normalized spacial score (nSPS) is 15.9. The molecule has 0 saturated carbocycles. The largest absolute Gasteiger partial charge is 0.466 e. The topological polar surface area (TPSA) is 133 Å². The smallest absolute Gasteiger partial charge is 0.416 e. The Hall–Kier alpha value is -5.16. The molecule has 2 N–H and O–H groups in total. The molecule has 1 aliphatic heterocycles. The number of quaternary nitrogens is 1. The monoisotopic (exact) mass is 621 g/mol. The van der Waals surface area contributed by atoms with Crippen molar-refractivity contribution in [3.8, 4) is 6.07 Å². The van der Waals surface area contributed by atoms with Crippen molar-refractivity contribution in [2.24, 2.45) is 0 Å². The highest BCUT2D eigenvalue weighted by atomic mass is 19.4. The van der Waals surface area contributed by atoms with Crippen molar-refractivity contribution in [3.63, 3.8) is 0 Å². The molecule has 45 heavy (non-hydrogen) atoms. The van der Waals surface area contributed by atoms with Crippen LogP contribution in [0.2, 0.25) is 0 Å². The molecule has 0 bridgehead atoms. The number of carbonyl (C=O) groups is 1.